The van der Waals surface area contributed by atoms with Crippen LogP contribution < -0.4 is 0 Å². The van der Waals surface area contributed by atoms with Crippen molar-refractivity contribution in [1.82, 2.24) is 0 Å². The van der Waals surface area contributed by atoms with E-state index in [0.29, 0.717) is 0 Å². The summed E-state index contributed by atoms with van der Waals surface area (Å²) in [6, 6.07) is 32.3. The van der Waals surface area contributed by atoms with E-state index in [9.17, 15) is 0 Å². The zero-order valence-electron chi connectivity index (χ0n) is 17.1. The van der Waals surface area contributed by atoms with Crippen molar-refractivity contribution < 1.29 is 4.42 Å². The summed E-state index contributed by atoms with van der Waals surface area (Å²) >= 11 is 0. The Kier molecular flexibility index (Phi) is 4.06. The van der Waals surface area contributed by atoms with E-state index in [2.05, 4.69) is 112 Å². The van der Waals surface area contributed by atoms with Crippen molar-refractivity contribution in [2.45, 2.75) is 26.2 Å². The summed E-state index contributed by atoms with van der Waals surface area (Å²) in [6.07, 6.45) is 0. The van der Waals surface area contributed by atoms with Crippen molar-refractivity contribution in [2.24, 2.45) is 0 Å². The molecule has 1 heterocycles. The van der Waals surface area contributed by atoms with Gasteiger partial charge in [0.05, 0.1) is 0 Å². The molecule has 5 rings (SSSR count). The van der Waals surface area contributed by atoms with Crippen molar-refractivity contribution in [1.29, 1.82) is 0 Å². The molecule has 0 atom stereocenters. The lowest BCUT2D eigenvalue weighted by atomic mass is 9.86. The minimum atomic E-state index is 0.0972. The largest absolute Gasteiger partial charge is 0.456 e. The molecule has 5 aromatic rings. The van der Waals surface area contributed by atoms with Crippen molar-refractivity contribution in [3.8, 4) is 22.3 Å². The predicted octanol–water partition coefficient (Wildman–Crippen LogP) is 8.22. The Morgan fingerprint density at radius 1 is 0.586 bits per heavy atom. The fourth-order valence-electron chi connectivity index (χ4n) is 4.03. The minimum absolute atomic E-state index is 0.0972. The van der Waals surface area contributed by atoms with Crippen molar-refractivity contribution in [2.75, 3.05) is 0 Å². The highest BCUT2D eigenvalue weighted by Gasteiger charge is 2.18. The molecular weight excluding hydrogens is 352 g/mol. The molecule has 29 heavy (non-hydrogen) atoms. The molecule has 0 saturated carbocycles. The molecule has 0 bridgehead atoms. The summed E-state index contributed by atoms with van der Waals surface area (Å²) in [5, 5.41) is 2.36. The van der Waals surface area contributed by atoms with Gasteiger partial charge in [0, 0.05) is 10.8 Å². The fourth-order valence-corrected chi connectivity index (χ4v) is 4.03. The molecule has 0 fully saturated rings. The van der Waals surface area contributed by atoms with Gasteiger partial charge in [0.2, 0.25) is 0 Å². The van der Waals surface area contributed by atoms with Gasteiger partial charge in [0.15, 0.2) is 0 Å². The second-order valence-corrected chi connectivity index (χ2v) is 8.69. The van der Waals surface area contributed by atoms with Crippen LogP contribution in [0.2, 0.25) is 0 Å². The van der Waals surface area contributed by atoms with Gasteiger partial charge in [0.1, 0.15) is 11.2 Å². The van der Waals surface area contributed by atoms with Crippen molar-refractivity contribution >= 4 is 21.9 Å². The summed E-state index contributed by atoms with van der Waals surface area (Å²) in [4.78, 5) is 0. The van der Waals surface area contributed by atoms with Gasteiger partial charge in [-0.2, -0.15) is 0 Å². The van der Waals surface area contributed by atoms with Crippen LogP contribution in [0.1, 0.15) is 26.3 Å². The molecule has 0 aliphatic carbocycles. The quantitative estimate of drug-likeness (QED) is 0.302. The lowest BCUT2D eigenvalue weighted by Gasteiger charge is -2.18. The van der Waals surface area contributed by atoms with Crippen LogP contribution in [0.4, 0.5) is 0 Å². The molecule has 0 N–H and O–H groups in total. The molecular formula is C28H24O. The lowest BCUT2D eigenvalue weighted by molar-refractivity contribution is 0.587. The topological polar surface area (TPSA) is 13.1 Å². The first-order chi connectivity index (χ1) is 14.0. The van der Waals surface area contributed by atoms with E-state index < -0.39 is 0 Å². The number of fused-ring (bicyclic) bond motifs is 3. The Bertz CT molecular complexity index is 1320. The molecule has 0 amide bonds. The second kappa shape index (κ2) is 6.63. The molecule has 0 saturated heterocycles. The van der Waals surface area contributed by atoms with E-state index in [4.69, 9.17) is 4.42 Å². The van der Waals surface area contributed by atoms with E-state index in [-0.39, 0.29) is 5.41 Å². The fraction of sp³-hybridized carbons (Fsp3) is 0.143. The summed E-state index contributed by atoms with van der Waals surface area (Å²) < 4.78 is 6.27. The van der Waals surface area contributed by atoms with Crippen LogP contribution in [-0.4, -0.2) is 0 Å². The zero-order chi connectivity index (χ0) is 20.0. The lowest BCUT2D eigenvalue weighted by Crippen LogP contribution is -2.10. The van der Waals surface area contributed by atoms with Gasteiger partial charge in [-0.15, -0.1) is 0 Å². The summed E-state index contributed by atoms with van der Waals surface area (Å²) in [5.74, 6) is 0. The van der Waals surface area contributed by atoms with E-state index in [1.165, 1.54) is 38.6 Å². The Morgan fingerprint density at radius 2 is 1.31 bits per heavy atom. The molecule has 0 unspecified atom stereocenters. The maximum Gasteiger partial charge on any atom is 0.136 e. The standard InChI is InChI=1S/C28H24O/c1-28(2,3)22-15-16-24-26(18-22)29-25-14-8-13-23(27(24)25)21-12-7-11-20(17-21)19-9-5-4-6-10-19/h4-18H,1-3H3. The van der Waals surface area contributed by atoms with Crippen LogP contribution in [0, 0.1) is 0 Å². The highest BCUT2D eigenvalue weighted by molar-refractivity contribution is 6.12. The first-order valence-corrected chi connectivity index (χ1v) is 10.1. The molecule has 1 nitrogen and oxygen atoms in total. The number of rotatable bonds is 2. The van der Waals surface area contributed by atoms with Gasteiger partial charge in [0.25, 0.3) is 0 Å². The molecule has 4 aromatic carbocycles. The van der Waals surface area contributed by atoms with Crippen LogP contribution in [0.25, 0.3) is 44.2 Å². The van der Waals surface area contributed by atoms with Crippen LogP contribution in [0.5, 0.6) is 0 Å². The normalized spacial score (nSPS) is 12.0. The third-order valence-electron chi connectivity index (χ3n) is 5.64. The zero-order valence-corrected chi connectivity index (χ0v) is 17.1. The maximum absolute atomic E-state index is 6.27. The molecule has 0 aliphatic heterocycles. The van der Waals surface area contributed by atoms with Crippen LogP contribution >= 0.6 is 0 Å². The van der Waals surface area contributed by atoms with Gasteiger partial charge in [-0.3, -0.25) is 0 Å². The van der Waals surface area contributed by atoms with E-state index in [1.807, 2.05) is 0 Å². The van der Waals surface area contributed by atoms with Gasteiger partial charge < -0.3 is 4.42 Å². The van der Waals surface area contributed by atoms with Crippen LogP contribution in [0.15, 0.2) is 95.4 Å². The average molecular weight is 376 g/mol. The SMILES string of the molecule is CC(C)(C)c1ccc2c(c1)oc1cccc(-c3cccc(-c4ccccc4)c3)c12. The second-order valence-electron chi connectivity index (χ2n) is 8.69. The van der Waals surface area contributed by atoms with Gasteiger partial charge in [-0.05, 0) is 51.4 Å². The predicted molar refractivity (Wildman–Crippen MR) is 123 cm³/mol. The Labute approximate surface area is 171 Å². The van der Waals surface area contributed by atoms with Gasteiger partial charge in [-0.1, -0.05) is 93.6 Å². The monoisotopic (exact) mass is 376 g/mol. The molecule has 0 aliphatic rings. The molecule has 0 radical (unpaired) electrons. The number of furan rings is 1. The Hall–Kier alpha value is -3.32. The molecule has 142 valence electrons. The van der Waals surface area contributed by atoms with Crippen LogP contribution in [0.3, 0.4) is 0 Å². The van der Waals surface area contributed by atoms with Gasteiger partial charge in [-0.25, -0.2) is 0 Å². The summed E-state index contributed by atoms with van der Waals surface area (Å²) in [5.41, 5.74) is 8.16. The van der Waals surface area contributed by atoms with Gasteiger partial charge >= 0.3 is 0 Å². The number of benzene rings is 4. The highest BCUT2D eigenvalue weighted by atomic mass is 16.3. The summed E-state index contributed by atoms with van der Waals surface area (Å²) in [6.45, 7) is 6.70. The number of hydrogen-bond donors (Lipinski definition) is 0. The van der Waals surface area contributed by atoms with Crippen molar-refractivity contribution in [3.63, 3.8) is 0 Å². The molecule has 0 spiro atoms. The van der Waals surface area contributed by atoms with E-state index in [1.54, 1.807) is 0 Å². The first-order valence-electron chi connectivity index (χ1n) is 10.1. The van der Waals surface area contributed by atoms with Crippen LogP contribution in [-0.2, 0) is 5.41 Å². The highest BCUT2D eigenvalue weighted by Crippen LogP contribution is 2.39. The third-order valence-corrected chi connectivity index (χ3v) is 5.64. The first kappa shape index (κ1) is 17.8. The molecule has 1 aromatic heterocycles. The Balaban J connectivity index is 1.72. The van der Waals surface area contributed by atoms with E-state index in [0.717, 1.165) is 11.2 Å². The Morgan fingerprint density at radius 3 is 2.10 bits per heavy atom. The third kappa shape index (κ3) is 3.13. The van der Waals surface area contributed by atoms with E-state index >= 15 is 0 Å². The maximum atomic E-state index is 6.27. The minimum Gasteiger partial charge on any atom is -0.456 e. The smallest absolute Gasteiger partial charge is 0.136 e. The van der Waals surface area contributed by atoms with Crippen molar-refractivity contribution in [3.05, 3.63) is 96.6 Å². The average Bonchev–Trinajstić information content (AvgIpc) is 3.12. The summed E-state index contributed by atoms with van der Waals surface area (Å²) in [7, 11) is 0. The number of hydrogen-bond acceptors (Lipinski definition) is 1. The molecule has 1 heteroatoms.